The maximum Gasteiger partial charge on any atom is 0.252 e. The summed E-state index contributed by atoms with van der Waals surface area (Å²) in [6, 6.07) is 5.45. The molecular weight excluding hydrogens is 354 g/mol. The minimum Gasteiger partial charge on any atom is -0.354 e. The van der Waals surface area contributed by atoms with Crippen molar-refractivity contribution in [1.82, 2.24) is 10.6 Å². The largest absolute Gasteiger partial charge is 0.354 e. The van der Waals surface area contributed by atoms with Gasteiger partial charge in [-0.3, -0.25) is 14.4 Å². The fourth-order valence-electron chi connectivity index (χ4n) is 4.27. The van der Waals surface area contributed by atoms with Gasteiger partial charge in [-0.15, -0.1) is 0 Å². The van der Waals surface area contributed by atoms with Crippen molar-refractivity contribution in [1.29, 1.82) is 0 Å². The van der Waals surface area contributed by atoms with E-state index in [1.54, 1.807) is 17.9 Å². The summed E-state index contributed by atoms with van der Waals surface area (Å²) in [7, 11) is 0. The monoisotopic (exact) mass is 385 g/mol. The average molecular weight is 386 g/mol. The molecule has 0 saturated heterocycles. The summed E-state index contributed by atoms with van der Waals surface area (Å²) in [5.41, 5.74) is 1.63. The van der Waals surface area contributed by atoms with Gasteiger partial charge in [0, 0.05) is 31.3 Å². The van der Waals surface area contributed by atoms with E-state index in [4.69, 9.17) is 0 Å². The number of carbonyl (C=O) groups is 3. The smallest absolute Gasteiger partial charge is 0.252 e. The van der Waals surface area contributed by atoms with Crippen LogP contribution in [0.15, 0.2) is 18.2 Å². The van der Waals surface area contributed by atoms with Crippen molar-refractivity contribution < 1.29 is 14.4 Å². The van der Waals surface area contributed by atoms with Gasteiger partial charge >= 0.3 is 0 Å². The second-order valence-corrected chi connectivity index (χ2v) is 7.97. The third-order valence-corrected chi connectivity index (χ3v) is 5.93. The van der Waals surface area contributed by atoms with Gasteiger partial charge in [-0.05, 0) is 49.4 Å². The van der Waals surface area contributed by atoms with Crippen molar-refractivity contribution in [3.05, 3.63) is 29.3 Å². The van der Waals surface area contributed by atoms with Crippen molar-refractivity contribution in [2.75, 3.05) is 18.0 Å². The zero-order valence-corrected chi connectivity index (χ0v) is 17.0. The van der Waals surface area contributed by atoms with Crippen LogP contribution in [0, 0.1) is 0 Å². The van der Waals surface area contributed by atoms with E-state index in [-0.39, 0.29) is 17.7 Å². The maximum atomic E-state index is 13.0. The average Bonchev–Trinajstić information content (AvgIpc) is 3.12. The Bertz CT molecular complexity index is 753. The highest BCUT2D eigenvalue weighted by Gasteiger charge is 2.41. The molecule has 1 heterocycles. The molecule has 2 N–H and O–H groups in total. The molecule has 0 unspecified atom stereocenters. The van der Waals surface area contributed by atoms with Crippen LogP contribution in [0.25, 0.3) is 0 Å². The number of nitrogens with zero attached hydrogens (tertiary/aromatic N) is 1. The third-order valence-electron chi connectivity index (χ3n) is 5.93. The molecule has 3 amide bonds. The van der Waals surface area contributed by atoms with Gasteiger partial charge in [-0.1, -0.05) is 32.6 Å². The molecule has 1 aliphatic carbocycles. The molecule has 0 radical (unpaired) electrons. The molecule has 152 valence electrons. The van der Waals surface area contributed by atoms with E-state index in [0.717, 1.165) is 49.8 Å². The van der Waals surface area contributed by atoms with Crippen LogP contribution in [-0.4, -0.2) is 36.3 Å². The Kier molecular flexibility index (Phi) is 6.37. The van der Waals surface area contributed by atoms with Gasteiger partial charge < -0.3 is 15.5 Å². The van der Waals surface area contributed by atoms with Crippen LogP contribution in [0.3, 0.4) is 0 Å². The quantitative estimate of drug-likeness (QED) is 0.739. The summed E-state index contributed by atoms with van der Waals surface area (Å²) >= 11 is 0. The van der Waals surface area contributed by atoms with E-state index in [1.807, 2.05) is 12.1 Å². The summed E-state index contributed by atoms with van der Waals surface area (Å²) in [6.07, 6.45) is 7.05. The Morgan fingerprint density at radius 3 is 2.57 bits per heavy atom. The van der Waals surface area contributed by atoms with Gasteiger partial charge in [0.15, 0.2) is 0 Å². The lowest BCUT2D eigenvalue weighted by Crippen LogP contribution is -2.59. The molecule has 6 nitrogen and oxygen atoms in total. The van der Waals surface area contributed by atoms with E-state index in [9.17, 15) is 14.4 Å². The number of rotatable bonds is 6. The Balaban J connectivity index is 1.75. The second kappa shape index (κ2) is 8.76. The van der Waals surface area contributed by atoms with Crippen molar-refractivity contribution >= 4 is 23.4 Å². The number of nitrogens with one attached hydrogen (secondary N) is 2. The van der Waals surface area contributed by atoms with Gasteiger partial charge in [-0.25, -0.2) is 0 Å². The molecule has 1 saturated carbocycles. The van der Waals surface area contributed by atoms with Crippen LogP contribution in [0.1, 0.15) is 74.7 Å². The first-order valence-electron chi connectivity index (χ1n) is 10.5. The van der Waals surface area contributed by atoms with Crippen LogP contribution >= 0.6 is 0 Å². The normalized spacial score (nSPS) is 17.7. The molecule has 3 rings (SSSR count). The fourth-order valence-corrected chi connectivity index (χ4v) is 4.27. The van der Waals surface area contributed by atoms with Crippen LogP contribution in [0.4, 0.5) is 5.69 Å². The SMILES string of the molecule is CCCCNC(=O)C1(NC(=O)c2ccc3c(c2)CCN3C(C)=O)CCCCC1. The predicted molar refractivity (Wildman–Crippen MR) is 109 cm³/mol. The number of hydrogen-bond acceptors (Lipinski definition) is 3. The van der Waals surface area contributed by atoms with Crippen LogP contribution < -0.4 is 15.5 Å². The third kappa shape index (κ3) is 4.21. The van der Waals surface area contributed by atoms with Crippen molar-refractivity contribution in [2.24, 2.45) is 0 Å². The van der Waals surface area contributed by atoms with E-state index < -0.39 is 5.54 Å². The van der Waals surface area contributed by atoms with Gasteiger partial charge in [0.05, 0.1) is 0 Å². The predicted octanol–water partition coefficient (Wildman–Crippen LogP) is 2.94. The second-order valence-electron chi connectivity index (χ2n) is 7.97. The Morgan fingerprint density at radius 2 is 1.89 bits per heavy atom. The van der Waals surface area contributed by atoms with Crippen molar-refractivity contribution in [3.63, 3.8) is 0 Å². The molecule has 1 aromatic rings. The summed E-state index contributed by atoms with van der Waals surface area (Å²) < 4.78 is 0. The highest BCUT2D eigenvalue weighted by molar-refractivity contribution is 6.01. The molecule has 0 atom stereocenters. The molecule has 2 aliphatic rings. The number of carbonyl (C=O) groups excluding carboxylic acids is 3. The number of unbranched alkanes of at least 4 members (excludes halogenated alkanes) is 1. The first-order valence-corrected chi connectivity index (χ1v) is 10.5. The Morgan fingerprint density at radius 1 is 1.14 bits per heavy atom. The number of hydrogen-bond donors (Lipinski definition) is 2. The van der Waals surface area contributed by atoms with Crippen molar-refractivity contribution in [3.8, 4) is 0 Å². The molecule has 0 aromatic heterocycles. The van der Waals surface area contributed by atoms with E-state index in [1.165, 1.54) is 0 Å². The number of anilines is 1. The van der Waals surface area contributed by atoms with Gasteiger partial charge in [-0.2, -0.15) is 0 Å². The maximum absolute atomic E-state index is 13.0. The summed E-state index contributed by atoms with van der Waals surface area (Å²) in [4.78, 5) is 39.3. The van der Waals surface area contributed by atoms with E-state index in [0.29, 0.717) is 31.5 Å². The van der Waals surface area contributed by atoms with Crippen molar-refractivity contribution in [2.45, 2.75) is 70.8 Å². The van der Waals surface area contributed by atoms with Gasteiger partial charge in [0.2, 0.25) is 11.8 Å². The first kappa shape index (κ1) is 20.4. The molecule has 1 aliphatic heterocycles. The Labute approximate surface area is 167 Å². The number of fused-ring (bicyclic) bond motifs is 1. The lowest BCUT2D eigenvalue weighted by Gasteiger charge is -2.36. The molecule has 28 heavy (non-hydrogen) atoms. The van der Waals surface area contributed by atoms with Crippen LogP contribution in [-0.2, 0) is 16.0 Å². The summed E-state index contributed by atoms with van der Waals surface area (Å²) in [5.74, 6) is -0.254. The molecule has 0 spiro atoms. The van der Waals surface area contributed by atoms with Gasteiger partial charge in [0.1, 0.15) is 5.54 Å². The molecule has 1 aromatic carbocycles. The molecule has 6 heteroatoms. The van der Waals surface area contributed by atoms with E-state index in [2.05, 4.69) is 17.6 Å². The number of amides is 3. The van der Waals surface area contributed by atoms with Crippen LogP contribution in [0.5, 0.6) is 0 Å². The summed E-state index contributed by atoms with van der Waals surface area (Å²) in [5, 5.41) is 6.08. The fraction of sp³-hybridized carbons (Fsp3) is 0.591. The zero-order chi connectivity index (χ0) is 20.1. The standard InChI is InChI=1S/C22H31N3O3/c1-3-4-13-23-21(28)22(11-6-5-7-12-22)24-20(27)18-8-9-19-17(15-18)10-14-25(19)16(2)26/h8-9,15H,3-7,10-14H2,1-2H3,(H,23,28)(H,24,27). The Hall–Kier alpha value is -2.37. The minimum absolute atomic E-state index is 0.0147. The minimum atomic E-state index is -0.812. The lowest BCUT2D eigenvalue weighted by atomic mass is 9.80. The first-order chi connectivity index (χ1) is 13.5. The zero-order valence-electron chi connectivity index (χ0n) is 17.0. The molecule has 0 bridgehead atoms. The topological polar surface area (TPSA) is 78.5 Å². The lowest BCUT2D eigenvalue weighted by molar-refractivity contribution is -0.128. The number of benzene rings is 1. The molecular formula is C22H31N3O3. The van der Waals surface area contributed by atoms with Crippen LogP contribution in [0.2, 0.25) is 0 Å². The molecule has 1 fully saturated rings. The highest BCUT2D eigenvalue weighted by atomic mass is 16.2. The summed E-state index contributed by atoms with van der Waals surface area (Å²) in [6.45, 7) is 4.94. The van der Waals surface area contributed by atoms with E-state index >= 15 is 0 Å². The highest BCUT2D eigenvalue weighted by Crippen LogP contribution is 2.31. The van der Waals surface area contributed by atoms with Gasteiger partial charge in [0.25, 0.3) is 5.91 Å².